The maximum atomic E-state index is 8.09. The van der Waals surface area contributed by atoms with Crippen molar-refractivity contribution < 1.29 is 4.74 Å². The molecular weight excluding hydrogens is 306 g/mol. The van der Waals surface area contributed by atoms with Crippen LogP contribution in [0.15, 0.2) is 22.7 Å². The van der Waals surface area contributed by atoms with Crippen LogP contribution in [0.3, 0.4) is 0 Å². The van der Waals surface area contributed by atoms with Gasteiger partial charge in [-0.25, -0.2) is 9.97 Å². The summed E-state index contributed by atoms with van der Waals surface area (Å²) in [6, 6.07) is 0. The summed E-state index contributed by atoms with van der Waals surface area (Å²) in [4.78, 5) is 11.1. The number of azide groups is 1. The molecule has 0 aromatic carbocycles. The summed E-state index contributed by atoms with van der Waals surface area (Å²) in [6.45, 7) is 1.14. The normalized spacial score (nSPS) is 11.9. The lowest BCUT2D eigenvalue weighted by Gasteiger charge is -2.19. The standard InChI is InChI=1S/C10H16ClN5OS2/c1-19(2,11)8-18-10-13-5-9(6-14-10)7-17-4-3-15-16-12/h5-6H,3-4,7-8H2,1-2H3. The first kappa shape index (κ1) is 16.4. The summed E-state index contributed by atoms with van der Waals surface area (Å²) in [5, 5.41) is 4.93. The van der Waals surface area contributed by atoms with Crippen LogP contribution in [0.4, 0.5) is 0 Å². The SMILES string of the molecule is CS(C)(Cl)CSc1ncc(COCCN=[N+]=[N-])cn1. The third-order valence-electron chi connectivity index (χ3n) is 1.82. The van der Waals surface area contributed by atoms with Crippen LogP contribution >= 0.6 is 31.7 Å². The highest BCUT2D eigenvalue weighted by molar-refractivity contribution is 8.54. The molecule has 0 bridgehead atoms. The zero-order valence-electron chi connectivity index (χ0n) is 10.8. The lowest BCUT2D eigenvalue weighted by atomic mass is 10.4. The monoisotopic (exact) mass is 321 g/mol. The molecule has 0 saturated carbocycles. The van der Waals surface area contributed by atoms with E-state index in [2.05, 4.69) is 20.0 Å². The van der Waals surface area contributed by atoms with Crippen molar-refractivity contribution in [1.29, 1.82) is 0 Å². The summed E-state index contributed by atoms with van der Waals surface area (Å²) in [5.74, 6) is 0. The van der Waals surface area contributed by atoms with Gasteiger partial charge in [0.05, 0.1) is 13.2 Å². The van der Waals surface area contributed by atoms with E-state index in [1.807, 2.05) is 12.5 Å². The molecule has 1 aromatic heterocycles. The fraction of sp³-hybridized carbons (Fsp3) is 0.600. The summed E-state index contributed by atoms with van der Waals surface area (Å²) in [5.41, 5.74) is 8.99. The Morgan fingerprint density at radius 1 is 1.47 bits per heavy atom. The molecule has 0 aliphatic heterocycles. The van der Waals surface area contributed by atoms with Crippen LogP contribution in [-0.2, 0) is 11.3 Å². The van der Waals surface area contributed by atoms with E-state index >= 15 is 0 Å². The first-order valence-electron chi connectivity index (χ1n) is 5.44. The smallest absolute Gasteiger partial charge is 0.188 e. The van der Waals surface area contributed by atoms with Crippen LogP contribution in [0.25, 0.3) is 10.4 Å². The largest absolute Gasteiger partial charge is 0.377 e. The van der Waals surface area contributed by atoms with Crippen LogP contribution in [0.1, 0.15) is 5.56 Å². The highest BCUT2D eigenvalue weighted by atomic mass is 35.7. The summed E-state index contributed by atoms with van der Waals surface area (Å²) < 4.78 is 5.31. The molecule has 0 aliphatic rings. The number of ether oxygens (including phenoxy) is 1. The first-order chi connectivity index (χ1) is 9.01. The van der Waals surface area contributed by atoms with Crippen molar-refractivity contribution in [2.75, 3.05) is 30.7 Å². The molecule has 1 heterocycles. The molecule has 6 nitrogen and oxygen atoms in total. The third kappa shape index (κ3) is 8.18. The third-order valence-corrected chi connectivity index (χ3v) is 5.80. The van der Waals surface area contributed by atoms with E-state index < -0.39 is 9.24 Å². The van der Waals surface area contributed by atoms with Crippen LogP contribution < -0.4 is 0 Å². The number of hydrogen-bond acceptors (Lipinski definition) is 5. The van der Waals surface area contributed by atoms with Crippen molar-refractivity contribution in [1.82, 2.24) is 9.97 Å². The maximum Gasteiger partial charge on any atom is 0.188 e. The number of nitrogens with zero attached hydrogens (tertiary/aromatic N) is 5. The number of hydrogen-bond donors (Lipinski definition) is 0. The Bertz CT molecular complexity index is 431. The van der Waals surface area contributed by atoms with E-state index in [0.29, 0.717) is 19.8 Å². The predicted octanol–water partition coefficient (Wildman–Crippen LogP) is 3.57. The molecule has 106 valence electrons. The summed E-state index contributed by atoms with van der Waals surface area (Å²) in [7, 11) is 5.11. The number of thioether (sulfide) groups is 1. The van der Waals surface area contributed by atoms with Crippen LogP contribution in [0.2, 0.25) is 0 Å². The lowest BCUT2D eigenvalue weighted by molar-refractivity contribution is 0.127. The second kappa shape index (κ2) is 8.50. The van der Waals surface area contributed by atoms with Gasteiger partial charge in [-0.05, 0) is 18.0 Å². The summed E-state index contributed by atoms with van der Waals surface area (Å²) >= 11 is 1.56. The molecule has 0 atom stereocenters. The molecule has 0 spiro atoms. The predicted molar refractivity (Wildman–Crippen MR) is 81.7 cm³/mol. The van der Waals surface area contributed by atoms with Crippen molar-refractivity contribution in [2.45, 2.75) is 11.8 Å². The van der Waals surface area contributed by atoms with E-state index in [0.717, 1.165) is 15.8 Å². The average molecular weight is 322 g/mol. The van der Waals surface area contributed by atoms with Gasteiger partial charge in [0.25, 0.3) is 0 Å². The fourth-order valence-electron chi connectivity index (χ4n) is 1.02. The van der Waals surface area contributed by atoms with E-state index in [1.54, 1.807) is 24.2 Å². The van der Waals surface area contributed by atoms with Crippen molar-refractivity contribution in [3.63, 3.8) is 0 Å². The Hall–Kier alpha value is -0.660. The zero-order chi connectivity index (χ0) is 14.1. The van der Waals surface area contributed by atoms with E-state index in [9.17, 15) is 0 Å². The van der Waals surface area contributed by atoms with Gasteiger partial charge in [0.2, 0.25) is 0 Å². The molecule has 19 heavy (non-hydrogen) atoms. The van der Waals surface area contributed by atoms with Crippen molar-refractivity contribution in [3.05, 3.63) is 28.4 Å². The molecule has 0 N–H and O–H groups in total. The van der Waals surface area contributed by atoms with E-state index in [-0.39, 0.29) is 0 Å². The number of rotatable bonds is 8. The topological polar surface area (TPSA) is 83.8 Å². The molecule has 0 fully saturated rings. The van der Waals surface area contributed by atoms with Gasteiger partial charge in [-0.15, -0.1) is 0 Å². The minimum Gasteiger partial charge on any atom is -0.377 e. The molecule has 1 rings (SSSR count). The Morgan fingerprint density at radius 3 is 2.74 bits per heavy atom. The molecular formula is C10H16ClN5OS2. The zero-order valence-corrected chi connectivity index (χ0v) is 13.2. The summed E-state index contributed by atoms with van der Waals surface area (Å²) in [6.07, 6.45) is 7.54. The van der Waals surface area contributed by atoms with Crippen molar-refractivity contribution >= 4 is 31.7 Å². The van der Waals surface area contributed by atoms with Crippen molar-refractivity contribution in [2.24, 2.45) is 5.11 Å². The van der Waals surface area contributed by atoms with Crippen molar-refractivity contribution in [3.8, 4) is 0 Å². The first-order valence-corrected chi connectivity index (χ1v) is 9.87. The lowest BCUT2D eigenvalue weighted by Crippen LogP contribution is -2.00. The number of aromatic nitrogens is 2. The molecule has 9 heteroatoms. The van der Waals surface area contributed by atoms with Crippen LogP contribution in [0.5, 0.6) is 0 Å². The van der Waals surface area contributed by atoms with Gasteiger partial charge >= 0.3 is 0 Å². The van der Waals surface area contributed by atoms with Gasteiger partial charge in [0, 0.05) is 34.5 Å². The van der Waals surface area contributed by atoms with Gasteiger partial charge in [0.1, 0.15) is 0 Å². The molecule has 0 unspecified atom stereocenters. The second-order valence-corrected chi connectivity index (χ2v) is 11.0. The number of halogens is 1. The minimum absolute atomic E-state index is 0.332. The van der Waals surface area contributed by atoms with Gasteiger partial charge in [-0.2, -0.15) is 9.24 Å². The molecule has 0 saturated heterocycles. The molecule has 0 amide bonds. The maximum absolute atomic E-state index is 8.09. The fourth-order valence-corrected chi connectivity index (χ4v) is 3.22. The Morgan fingerprint density at radius 2 is 2.16 bits per heavy atom. The molecule has 1 aromatic rings. The van der Waals surface area contributed by atoms with Gasteiger partial charge in [-0.3, -0.25) is 0 Å². The minimum atomic E-state index is -1.06. The Kier molecular flexibility index (Phi) is 7.33. The highest BCUT2D eigenvalue weighted by Gasteiger charge is 2.09. The van der Waals surface area contributed by atoms with Gasteiger partial charge in [-0.1, -0.05) is 27.6 Å². The van der Waals surface area contributed by atoms with Crippen LogP contribution in [-0.4, -0.2) is 40.7 Å². The van der Waals surface area contributed by atoms with Gasteiger partial charge < -0.3 is 4.74 Å². The quantitative estimate of drug-likeness (QED) is 0.183. The average Bonchev–Trinajstić information content (AvgIpc) is 2.37. The van der Waals surface area contributed by atoms with E-state index in [1.165, 1.54) is 0 Å². The second-order valence-electron chi connectivity index (χ2n) is 4.05. The Labute approximate surface area is 122 Å². The van der Waals surface area contributed by atoms with E-state index in [4.69, 9.17) is 21.0 Å². The molecule has 0 radical (unpaired) electrons. The van der Waals surface area contributed by atoms with Gasteiger partial charge in [0.15, 0.2) is 5.16 Å². The van der Waals surface area contributed by atoms with Crippen LogP contribution in [0, 0.1) is 0 Å². The molecule has 0 aliphatic carbocycles. The Balaban J connectivity index is 2.33. The highest BCUT2D eigenvalue weighted by Crippen LogP contribution is 2.48.